The fourth-order valence-corrected chi connectivity index (χ4v) is 3.74. The molecule has 0 fully saturated rings. The lowest BCUT2D eigenvalue weighted by Gasteiger charge is -2.33. The number of allylic oxidation sites excluding steroid dienone is 2. The van der Waals surface area contributed by atoms with Crippen LogP contribution in [0.4, 0.5) is 0 Å². The van der Waals surface area contributed by atoms with Crippen LogP contribution >= 0.6 is 0 Å². The van der Waals surface area contributed by atoms with E-state index in [1.54, 1.807) is 13.0 Å². The van der Waals surface area contributed by atoms with Crippen molar-refractivity contribution in [2.45, 2.75) is 95.4 Å². The highest BCUT2D eigenvalue weighted by Crippen LogP contribution is 2.36. The van der Waals surface area contributed by atoms with Crippen molar-refractivity contribution in [3.05, 3.63) is 11.6 Å². The van der Waals surface area contributed by atoms with Crippen molar-refractivity contribution in [1.29, 1.82) is 0 Å². The monoisotopic (exact) mass is 392 g/mol. The third-order valence-corrected chi connectivity index (χ3v) is 5.94. The van der Waals surface area contributed by atoms with Crippen LogP contribution in [0.2, 0.25) is 0 Å². The van der Waals surface area contributed by atoms with E-state index in [1.807, 2.05) is 34.6 Å². The first-order valence-corrected chi connectivity index (χ1v) is 10.8. The van der Waals surface area contributed by atoms with Crippen molar-refractivity contribution in [3.8, 4) is 0 Å². The molecule has 0 amide bonds. The molecule has 0 aromatic heterocycles. The first-order chi connectivity index (χ1) is 12.5. The van der Waals surface area contributed by atoms with E-state index in [0.29, 0.717) is 6.42 Å². The number of ketones is 3. The summed E-state index contributed by atoms with van der Waals surface area (Å²) >= 11 is 0. The molecule has 0 saturated heterocycles. The molecule has 0 aliphatic rings. The molecule has 0 aliphatic heterocycles. The minimum atomic E-state index is -0.349. The second kappa shape index (κ2) is 10.5. The van der Waals surface area contributed by atoms with Gasteiger partial charge in [0.05, 0.1) is 0 Å². The number of hydrogen-bond donors (Lipinski definition) is 0. The molecule has 3 unspecified atom stereocenters. The highest BCUT2D eigenvalue weighted by Gasteiger charge is 2.37. The Bertz CT molecular complexity index is 582. The second-order valence-corrected chi connectivity index (χ2v) is 10.9. The van der Waals surface area contributed by atoms with Gasteiger partial charge in [-0.2, -0.15) is 0 Å². The summed E-state index contributed by atoms with van der Waals surface area (Å²) in [5.41, 5.74) is 0.596. The van der Waals surface area contributed by atoms with Gasteiger partial charge in [-0.05, 0) is 42.6 Å². The summed E-state index contributed by atoms with van der Waals surface area (Å²) in [6, 6.07) is 0. The van der Waals surface area contributed by atoms with Crippen molar-refractivity contribution in [2.75, 3.05) is 0 Å². The molecule has 0 spiro atoms. The summed E-state index contributed by atoms with van der Waals surface area (Å²) in [5.74, 6) is 0.0391. The van der Waals surface area contributed by atoms with Crippen molar-refractivity contribution >= 4 is 17.3 Å². The van der Waals surface area contributed by atoms with Gasteiger partial charge in [-0.1, -0.05) is 74.8 Å². The summed E-state index contributed by atoms with van der Waals surface area (Å²) < 4.78 is 0. The van der Waals surface area contributed by atoms with Gasteiger partial charge in [0.15, 0.2) is 5.78 Å². The Morgan fingerprint density at radius 3 is 1.61 bits per heavy atom. The highest BCUT2D eigenvalue weighted by atomic mass is 16.1. The molecule has 0 aliphatic carbocycles. The van der Waals surface area contributed by atoms with E-state index in [9.17, 15) is 14.4 Å². The zero-order chi connectivity index (χ0) is 22.4. The van der Waals surface area contributed by atoms with Gasteiger partial charge in [-0.15, -0.1) is 0 Å². The fourth-order valence-electron chi connectivity index (χ4n) is 3.74. The molecule has 3 atom stereocenters. The Labute approximate surface area is 173 Å². The van der Waals surface area contributed by atoms with Crippen LogP contribution in [-0.2, 0) is 14.4 Å². The van der Waals surface area contributed by atoms with Gasteiger partial charge in [0.25, 0.3) is 0 Å². The largest absolute Gasteiger partial charge is 0.300 e. The zero-order valence-corrected chi connectivity index (χ0v) is 20.2. The van der Waals surface area contributed by atoms with Gasteiger partial charge in [0.1, 0.15) is 11.6 Å². The fraction of sp³-hybridized carbons (Fsp3) is 0.800. The minimum Gasteiger partial charge on any atom is -0.300 e. The molecule has 28 heavy (non-hydrogen) atoms. The molecule has 3 heteroatoms. The molecule has 162 valence electrons. The van der Waals surface area contributed by atoms with Gasteiger partial charge < -0.3 is 0 Å². The van der Waals surface area contributed by atoms with Gasteiger partial charge in [-0.3, -0.25) is 14.4 Å². The lowest BCUT2D eigenvalue weighted by molar-refractivity contribution is -0.132. The topological polar surface area (TPSA) is 51.2 Å². The van der Waals surface area contributed by atoms with E-state index in [-0.39, 0.29) is 58.3 Å². The van der Waals surface area contributed by atoms with Crippen LogP contribution in [0.25, 0.3) is 0 Å². The van der Waals surface area contributed by atoms with Crippen molar-refractivity contribution in [1.82, 2.24) is 0 Å². The van der Waals surface area contributed by atoms with Crippen LogP contribution in [0.15, 0.2) is 11.6 Å². The Hall–Kier alpha value is -1.25. The highest BCUT2D eigenvalue weighted by molar-refractivity contribution is 5.96. The van der Waals surface area contributed by atoms with E-state index < -0.39 is 0 Å². The maximum absolute atomic E-state index is 13.2. The number of rotatable bonds is 10. The maximum Gasteiger partial charge on any atom is 0.159 e. The predicted octanol–water partition coefficient (Wildman–Crippen LogP) is 6.45. The standard InChI is InChI=1S/C25H44O3/c1-12-20(24(6,7)8)23(28)15-21(25(9,10)11)22(27)14-19(16(2)3)13-17(4)18(5)26/h14,16-17,20-21H,12-13,15H2,1-11H3/b19-14-. The zero-order valence-electron chi connectivity index (χ0n) is 20.2. The smallest absolute Gasteiger partial charge is 0.159 e. The minimum absolute atomic E-state index is 0.0177. The third kappa shape index (κ3) is 8.41. The van der Waals surface area contributed by atoms with Crippen LogP contribution < -0.4 is 0 Å². The molecule has 0 heterocycles. The molecule has 0 N–H and O–H groups in total. The molecule has 3 nitrogen and oxygen atoms in total. The lowest BCUT2D eigenvalue weighted by atomic mass is 9.69. The van der Waals surface area contributed by atoms with E-state index in [0.717, 1.165) is 12.0 Å². The molecule has 0 rings (SSSR count). The predicted molar refractivity (Wildman–Crippen MR) is 118 cm³/mol. The van der Waals surface area contributed by atoms with Crippen molar-refractivity contribution < 1.29 is 14.4 Å². The van der Waals surface area contributed by atoms with Crippen LogP contribution in [0.1, 0.15) is 95.4 Å². The normalized spacial score (nSPS) is 16.6. The first-order valence-electron chi connectivity index (χ1n) is 10.8. The van der Waals surface area contributed by atoms with Gasteiger partial charge in [-0.25, -0.2) is 0 Å². The summed E-state index contributed by atoms with van der Waals surface area (Å²) in [4.78, 5) is 38.0. The molecule has 0 bridgehead atoms. The molecule has 0 aromatic rings. The van der Waals surface area contributed by atoms with Crippen molar-refractivity contribution in [3.63, 3.8) is 0 Å². The summed E-state index contributed by atoms with van der Waals surface area (Å²) in [5, 5.41) is 0. The molecule has 0 saturated carbocycles. The SMILES string of the molecule is CCC(C(=O)CC(C(=O)/C=C(/CC(C)C(C)=O)C(C)C)C(C)(C)C)C(C)(C)C. The number of hydrogen-bond acceptors (Lipinski definition) is 3. The van der Waals surface area contributed by atoms with Gasteiger partial charge in [0.2, 0.25) is 0 Å². The number of carbonyl (C=O) groups excluding carboxylic acids is 3. The van der Waals surface area contributed by atoms with Crippen LogP contribution in [0.3, 0.4) is 0 Å². The van der Waals surface area contributed by atoms with Crippen LogP contribution in [0, 0.1) is 34.5 Å². The second-order valence-electron chi connectivity index (χ2n) is 10.9. The van der Waals surface area contributed by atoms with Crippen molar-refractivity contribution in [2.24, 2.45) is 34.5 Å². The average Bonchev–Trinajstić information content (AvgIpc) is 2.49. The molecule has 0 radical (unpaired) electrons. The molecular formula is C25H44O3. The van der Waals surface area contributed by atoms with Crippen LogP contribution in [0.5, 0.6) is 0 Å². The average molecular weight is 393 g/mol. The summed E-state index contributed by atoms with van der Waals surface area (Å²) in [6.45, 7) is 22.0. The van der Waals surface area contributed by atoms with Gasteiger partial charge >= 0.3 is 0 Å². The quantitative estimate of drug-likeness (QED) is 0.402. The number of carbonyl (C=O) groups is 3. The lowest BCUT2D eigenvalue weighted by Crippen LogP contribution is -2.35. The van der Waals surface area contributed by atoms with E-state index in [2.05, 4.69) is 34.6 Å². The molecule has 0 aromatic carbocycles. The summed E-state index contributed by atoms with van der Waals surface area (Å²) in [7, 11) is 0. The Kier molecular flexibility index (Phi) is 10.0. The van der Waals surface area contributed by atoms with Crippen LogP contribution in [-0.4, -0.2) is 17.3 Å². The van der Waals surface area contributed by atoms with E-state index >= 15 is 0 Å². The van der Waals surface area contributed by atoms with Gasteiger partial charge in [0, 0.05) is 24.2 Å². The Morgan fingerprint density at radius 2 is 1.29 bits per heavy atom. The Morgan fingerprint density at radius 1 is 0.821 bits per heavy atom. The van der Waals surface area contributed by atoms with E-state index in [4.69, 9.17) is 0 Å². The number of Topliss-reactive ketones (excluding diaryl/α,β-unsaturated/α-hetero) is 2. The summed E-state index contributed by atoms with van der Waals surface area (Å²) in [6.07, 6.45) is 3.40. The third-order valence-electron chi connectivity index (χ3n) is 5.94. The maximum atomic E-state index is 13.2. The van der Waals surface area contributed by atoms with E-state index in [1.165, 1.54) is 0 Å². The Balaban J connectivity index is 5.75. The molecular weight excluding hydrogens is 348 g/mol. The first kappa shape index (κ1) is 26.8.